The van der Waals surface area contributed by atoms with Gasteiger partial charge in [-0.05, 0) is 79.7 Å². The summed E-state index contributed by atoms with van der Waals surface area (Å²) in [5.74, 6) is 0.694. The van der Waals surface area contributed by atoms with Gasteiger partial charge in [-0.1, -0.05) is 66.2 Å². The van der Waals surface area contributed by atoms with Gasteiger partial charge in [0.25, 0.3) is 5.91 Å². The number of amides is 1. The Bertz CT molecular complexity index is 998. The van der Waals surface area contributed by atoms with Gasteiger partial charge in [0.15, 0.2) is 0 Å². The Hall–Kier alpha value is -2.33. The van der Waals surface area contributed by atoms with Gasteiger partial charge in [-0.25, -0.2) is 0 Å². The van der Waals surface area contributed by atoms with Gasteiger partial charge in [-0.3, -0.25) is 9.69 Å². The number of halogens is 2. The lowest BCUT2D eigenvalue weighted by atomic mass is 9.95. The highest BCUT2D eigenvalue weighted by atomic mass is 35.5. The molecule has 33 heavy (non-hydrogen) atoms. The molecule has 0 bridgehead atoms. The second-order valence-corrected chi connectivity index (χ2v) is 9.07. The van der Waals surface area contributed by atoms with Crippen LogP contribution in [0.5, 0.6) is 0 Å². The molecule has 1 saturated heterocycles. The quantitative estimate of drug-likeness (QED) is 0.369. The summed E-state index contributed by atoms with van der Waals surface area (Å²) in [6.07, 6.45) is 2.26. The highest BCUT2D eigenvalue weighted by Crippen LogP contribution is 2.23. The topological polar surface area (TPSA) is 23.6 Å². The van der Waals surface area contributed by atoms with E-state index in [4.69, 9.17) is 11.6 Å². The van der Waals surface area contributed by atoms with Crippen molar-refractivity contribution in [2.24, 2.45) is 5.92 Å². The van der Waals surface area contributed by atoms with Crippen molar-refractivity contribution in [1.29, 1.82) is 0 Å². The van der Waals surface area contributed by atoms with Crippen LogP contribution in [0.3, 0.4) is 0 Å². The average Bonchev–Trinajstić information content (AvgIpc) is 2.85. The highest BCUT2D eigenvalue weighted by molar-refractivity contribution is 6.30. The predicted octanol–water partition coefficient (Wildman–Crippen LogP) is 6.80. The maximum Gasteiger partial charge on any atom is 0.253 e. The molecule has 0 aromatic heterocycles. The normalized spacial score (nSPS) is 14.5. The molecule has 174 valence electrons. The van der Waals surface area contributed by atoms with E-state index in [1.165, 1.54) is 11.1 Å². The van der Waals surface area contributed by atoms with Gasteiger partial charge in [-0.2, -0.15) is 0 Å². The Morgan fingerprint density at radius 1 is 0.909 bits per heavy atom. The number of piperidine rings is 1. The van der Waals surface area contributed by atoms with E-state index in [9.17, 15) is 4.79 Å². The summed E-state index contributed by atoms with van der Waals surface area (Å²) in [6, 6.07) is 26.4. The molecular weight excluding hydrogens is 451 g/mol. The van der Waals surface area contributed by atoms with Gasteiger partial charge in [0.1, 0.15) is 0 Å². The lowest BCUT2D eigenvalue weighted by molar-refractivity contribution is 0.0698. The Labute approximate surface area is 208 Å². The molecule has 0 aliphatic carbocycles. The molecule has 3 nitrogen and oxygen atoms in total. The summed E-state index contributed by atoms with van der Waals surface area (Å²) >= 11 is 6.00. The summed E-state index contributed by atoms with van der Waals surface area (Å²) in [5.41, 5.74) is 4.38. The smallest absolute Gasteiger partial charge is 0.253 e. The maximum absolute atomic E-state index is 13.1. The van der Waals surface area contributed by atoms with E-state index < -0.39 is 0 Å². The largest absolute Gasteiger partial charge is 0.339 e. The van der Waals surface area contributed by atoms with Crippen molar-refractivity contribution in [3.05, 3.63) is 95.0 Å². The van der Waals surface area contributed by atoms with Gasteiger partial charge in [0, 0.05) is 30.2 Å². The molecule has 0 unspecified atom stereocenters. The number of benzene rings is 3. The molecule has 3 aromatic rings. The zero-order valence-corrected chi connectivity index (χ0v) is 20.7. The molecule has 1 amide bonds. The van der Waals surface area contributed by atoms with Crippen molar-refractivity contribution < 1.29 is 4.79 Å². The first kappa shape index (κ1) is 25.3. The van der Waals surface area contributed by atoms with Gasteiger partial charge in [0.2, 0.25) is 0 Å². The number of carbonyl (C=O) groups excluding carboxylic acids is 1. The molecular formula is C28H32Cl2N2O. The summed E-state index contributed by atoms with van der Waals surface area (Å²) in [5, 5.41) is 0.784. The summed E-state index contributed by atoms with van der Waals surface area (Å²) in [7, 11) is 0. The minimum absolute atomic E-state index is 0. The molecule has 0 spiro atoms. The van der Waals surface area contributed by atoms with Crippen LogP contribution in [0.1, 0.15) is 35.7 Å². The molecule has 3 aromatic carbocycles. The van der Waals surface area contributed by atoms with Gasteiger partial charge in [-0.15, -0.1) is 12.4 Å². The van der Waals surface area contributed by atoms with Crippen LogP contribution in [-0.2, 0) is 6.54 Å². The fourth-order valence-electron chi connectivity index (χ4n) is 4.46. The van der Waals surface area contributed by atoms with Crippen molar-refractivity contribution in [3.63, 3.8) is 0 Å². The van der Waals surface area contributed by atoms with E-state index in [0.29, 0.717) is 5.92 Å². The van der Waals surface area contributed by atoms with E-state index >= 15 is 0 Å². The number of hydrogen-bond acceptors (Lipinski definition) is 2. The van der Waals surface area contributed by atoms with Crippen LogP contribution in [0.15, 0.2) is 78.9 Å². The van der Waals surface area contributed by atoms with Crippen molar-refractivity contribution in [3.8, 4) is 11.1 Å². The second-order valence-electron chi connectivity index (χ2n) is 8.63. The van der Waals surface area contributed by atoms with Crippen molar-refractivity contribution in [2.75, 3.05) is 26.2 Å². The Kier molecular flexibility index (Phi) is 9.37. The Morgan fingerprint density at radius 2 is 1.52 bits per heavy atom. The number of rotatable bonds is 7. The number of likely N-dealkylation sites (tertiary alicyclic amines) is 1. The number of nitrogens with zero attached hydrogens (tertiary/aromatic N) is 2. The third-order valence-electron chi connectivity index (χ3n) is 6.41. The summed E-state index contributed by atoms with van der Waals surface area (Å²) < 4.78 is 0. The fourth-order valence-corrected chi connectivity index (χ4v) is 4.59. The first-order valence-corrected chi connectivity index (χ1v) is 11.9. The van der Waals surface area contributed by atoms with Crippen LogP contribution in [0, 0.1) is 5.92 Å². The molecule has 0 atom stereocenters. The van der Waals surface area contributed by atoms with Crippen LogP contribution in [0.4, 0.5) is 0 Å². The third-order valence-corrected chi connectivity index (χ3v) is 6.67. The molecule has 1 fully saturated rings. The zero-order valence-electron chi connectivity index (χ0n) is 19.1. The first-order valence-electron chi connectivity index (χ1n) is 11.5. The van der Waals surface area contributed by atoms with Crippen LogP contribution in [0.25, 0.3) is 11.1 Å². The Morgan fingerprint density at radius 3 is 2.12 bits per heavy atom. The van der Waals surface area contributed by atoms with Gasteiger partial charge < -0.3 is 4.90 Å². The average molecular weight is 483 g/mol. The van der Waals surface area contributed by atoms with Crippen molar-refractivity contribution in [1.82, 2.24) is 9.80 Å². The lowest BCUT2D eigenvalue weighted by Crippen LogP contribution is -2.40. The van der Waals surface area contributed by atoms with Crippen LogP contribution >= 0.6 is 24.0 Å². The zero-order chi connectivity index (χ0) is 22.3. The number of carbonyl (C=O) groups is 1. The second kappa shape index (κ2) is 12.2. The van der Waals surface area contributed by atoms with Crippen molar-refractivity contribution >= 4 is 29.9 Å². The molecule has 0 saturated carbocycles. The molecule has 0 N–H and O–H groups in total. The van der Waals surface area contributed by atoms with E-state index in [-0.39, 0.29) is 18.3 Å². The molecule has 1 heterocycles. The standard InChI is InChI=1S/C28H31ClN2O.ClH/c1-2-31(28(32)26-12-10-25(11-13-26)24-6-4-3-5-7-24)21-23-16-18-30(19-17-23)20-22-8-14-27(29)15-9-22;/h3-15,23H,2,16-21H2,1H3;1H. The lowest BCUT2D eigenvalue weighted by Gasteiger charge is -2.34. The highest BCUT2D eigenvalue weighted by Gasteiger charge is 2.23. The van der Waals surface area contributed by atoms with E-state index in [0.717, 1.165) is 61.7 Å². The molecule has 4 rings (SSSR count). The molecule has 5 heteroatoms. The molecule has 1 aliphatic rings. The summed E-state index contributed by atoms with van der Waals surface area (Å²) in [4.78, 5) is 17.6. The predicted molar refractivity (Wildman–Crippen MR) is 140 cm³/mol. The maximum atomic E-state index is 13.1. The summed E-state index contributed by atoms with van der Waals surface area (Å²) in [6.45, 7) is 6.77. The monoisotopic (exact) mass is 482 g/mol. The van der Waals surface area contributed by atoms with Crippen LogP contribution < -0.4 is 0 Å². The number of hydrogen-bond donors (Lipinski definition) is 0. The van der Waals surface area contributed by atoms with E-state index in [1.807, 2.05) is 59.5 Å². The van der Waals surface area contributed by atoms with Crippen molar-refractivity contribution in [2.45, 2.75) is 26.3 Å². The SMILES string of the molecule is CCN(CC1CCN(Cc2ccc(Cl)cc2)CC1)C(=O)c1ccc(-c2ccccc2)cc1.Cl. The Balaban J connectivity index is 0.00000306. The van der Waals surface area contributed by atoms with Gasteiger partial charge >= 0.3 is 0 Å². The molecule has 1 aliphatic heterocycles. The fraction of sp³-hybridized carbons (Fsp3) is 0.321. The third kappa shape index (κ3) is 6.83. The van der Waals surface area contributed by atoms with Crippen LogP contribution in [-0.4, -0.2) is 41.9 Å². The van der Waals surface area contributed by atoms with E-state index in [1.54, 1.807) is 0 Å². The van der Waals surface area contributed by atoms with Gasteiger partial charge in [0.05, 0.1) is 0 Å². The van der Waals surface area contributed by atoms with Crippen LogP contribution in [0.2, 0.25) is 5.02 Å². The van der Waals surface area contributed by atoms with E-state index in [2.05, 4.69) is 36.1 Å². The first-order chi connectivity index (χ1) is 15.6. The minimum Gasteiger partial charge on any atom is -0.339 e. The minimum atomic E-state index is 0. The molecule has 0 radical (unpaired) electrons.